The van der Waals surface area contributed by atoms with Crippen molar-refractivity contribution in [3.05, 3.63) is 70.8 Å². The minimum absolute atomic E-state index is 0.131. The molecule has 1 heterocycles. The number of carbonyl (C=O) groups excluding carboxylic acids is 1. The third-order valence-corrected chi connectivity index (χ3v) is 3.53. The molecule has 0 atom stereocenters. The number of hydrogen-bond donors (Lipinski definition) is 1. The van der Waals surface area contributed by atoms with E-state index in [1.54, 1.807) is 24.4 Å². The van der Waals surface area contributed by atoms with E-state index in [1.807, 2.05) is 36.4 Å². The summed E-state index contributed by atoms with van der Waals surface area (Å²) in [4.78, 5) is 16.5. The van der Waals surface area contributed by atoms with Crippen LogP contribution in [0.3, 0.4) is 0 Å². The van der Waals surface area contributed by atoms with Gasteiger partial charge >= 0.3 is 0 Å². The molecule has 2 aromatic carbocycles. The monoisotopic (exact) mass is 326 g/mol. The molecule has 0 aliphatic heterocycles. The summed E-state index contributed by atoms with van der Waals surface area (Å²) in [6.07, 6.45) is 1.69. The smallest absolute Gasteiger partial charge is 0.255 e. The normalized spacial score (nSPS) is 10.4. The lowest BCUT2D eigenvalue weighted by Crippen LogP contribution is -2.12. The number of nitrogens with one attached hydrogen (secondary N) is 1. The molecule has 0 bridgehead atoms. The lowest BCUT2D eigenvalue weighted by atomic mass is 10.1. The maximum absolute atomic E-state index is 12.2. The minimum atomic E-state index is -0.131. The van der Waals surface area contributed by atoms with Gasteiger partial charge in [0, 0.05) is 21.6 Å². The Kier molecular flexibility index (Phi) is 3.48. The van der Waals surface area contributed by atoms with Crippen molar-refractivity contribution in [1.29, 1.82) is 0 Å². The molecule has 0 aliphatic carbocycles. The quantitative estimate of drug-likeness (QED) is 0.764. The Balaban J connectivity index is 1.93. The standard InChI is InChI=1S/C16H11BrN2O/c17-12-7-5-11(6-8-12)16(20)19-15-9-10-18-14-4-2-1-3-13(14)15/h1-10H,(H,18,19,20). The summed E-state index contributed by atoms with van der Waals surface area (Å²) >= 11 is 3.35. The fourth-order valence-electron chi connectivity index (χ4n) is 2.00. The highest BCUT2D eigenvalue weighted by molar-refractivity contribution is 9.10. The van der Waals surface area contributed by atoms with Crippen LogP contribution in [0.1, 0.15) is 10.4 Å². The molecule has 3 rings (SSSR count). The number of rotatable bonds is 2. The molecule has 1 N–H and O–H groups in total. The molecule has 0 saturated carbocycles. The Morgan fingerprint density at radius 2 is 1.75 bits per heavy atom. The molecule has 20 heavy (non-hydrogen) atoms. The van der Waals surface area contributed by atoms with Gasteiger partial charge in [-0.2, -0.15) is 0 Å². The number of nitrogens with zero attached hydrogens (tertiary/aromatic N) is 1. The molecule has 1 amide bonds. The zero-order valence-electron chi connectivity index (χ0n) is 10.5. The molecule has 4 heteroatoms. The van der Waals surface area contributed by atoms with Crippen molar-refractivity contribution < 1.29 is 4.79 Å². The second-order valence-corrected chi connectivity index (χ2v) is 5.25. The fourth-order valence-corrected chi connectivity index (χ4v) is 2.26. The first-order valence-corrected chi connectivity index (χ1v) is 6.94. The van der Waals surface area contributed by atoms with E-state index >= 15 is 0 Å². The van der Waals surface area contributed by atoms with E-state index in [9.17, 15) is 4.79 Å². The number of amides is 1. The SMILES string of the molecule is O=C(Nc1ccnc2ccccc12)c1ccc(Br)cc1. The highest BCUT2D eigenvalue weighted by Crippen LogP contribution is 2.21. The predicted octanol–water partition coefficient (Wildman–Crippen LogP) is 4.25. The summed E-state index contributed by atoms with van der Waals surface area (Å²) in [6.45, 7) is 0. The van der Waals surface area contributed by atoms with E-state index in [-0.39, 0.29) is 5.91 Å². The molecule has 98 valence electrons. The molecule has 0 radical (unpaired) electrons. The first kappa shape index (κ1) is 12.8. The Bertz CT molecular complexity index is 764. The van der Waals surface area contributed by atoms with E-state index in [4.69, 9.17) is 0 Å². The number of pyridine rings is 1. The van der Waals surface area contributed by atoms with Crippen molar-refractivity contribution in [3.63, 3.8) is 0 Å². The maximum atomic E-state index is 12.2. The molecule has 0 fully saturated rings. The van der Waals surface area contributed by atoms with Crippen molar-refractivity contribution in [3.8, 4) is 0 Å². The van der Waals surface area contributed by atoms with E-state index in [0.29, 0.717) is 5.56 Å². The van der Waals surface area contributed by atoms with Crippen LogP contribution in [0.15, 0.2) is 65.3 Å². The maximum Gasteiger partial charge on any atom is 0.255 e. The summed E-state index contributed by atoms with van der Waals surface area (Å²) in [5.74, 6) is -0.131. The predicted molar refractivity (Wildman–Crippen MR) is 83.8 cm³/mol. The van der Waals surface area contributed by atoms with E-state index < -0.39 is 0 Å². The van der Waals surface area contributed by atoms with Gasteiger partial charge in [0.05, 0.1) is 11.2 Å². The van der Waals surface area contributed by atoms with Crippen LogP contribution in [0.5, 0.6) is 0 Å². The van der Waals surface area contributed by atoms with Gasteiger partial charge in [0.2, 0.25) is 0 Å². The molecule has 0 unspecified atom stereocenters. The van der Waals surface area contributed by atoms with Crippen LogP contribution in [0.25, 0.3) is 10.9 Å². The number of para-hydroxylation sites is 1. The summed E-state index contributed by atoms with van der Waals surface area (Å²) in [6, 6.07) is 16.8. The third-order valence-electron chi connectivity index (χ3n) is 3.00. The van der Waals surface area contributed by atoms with E-state index in [0.717, 1.165) is 21.1 Å². The Labute approximate surface area is 124 Å². The van der Waals surface area contributed by atoms with Crippen molar-refractivity contribution in [2.45, 2.75) is 0 Å². The van der Waals surface area contributed by atoms with Crippen molar-refractivity contribution in [2.75, 3.05) is 5.32 Å². The van der Waals surface area contributed by atoms with E-state index in [2.05, 4.69) is 26.2 Å². The zero-order chi connectivity index (χ0) is 13.9. The van der Waals surface area contributed by atoms with Crippen LogP contribution in [0.4, 0.5) is 5.69 Å². The second-order valence-electron chi connectivity index (χ2n) is 4.34. The lowest BCUT2D eigenvalue weighted by Gasteiger charge is -2.08. The first-order valence-electron chi connectivity index (χ1n) is 6.15. The topological polar surface area (TPSA) is 42.0 Å². The number of carbonyl (C=O) groups is 1. The Hall–Kier alpha value is -2.20. The Morgan fingerprint density at radius 3 is 2.55 bits per heavy atom. The zero-order valence-corrected chi connectivity index (χ0v) is 12.1. The molecule has 0 saturated heterocycles. The van der Waals surface area contributed by atoms with Gasteiger partial charge in [-0.3, -0.25) is 9.78 Å². The third kappa shape index (κ3) is 2.56. The van der Waals surface area contributed by atoms with Crippen molar-refractivity contribution >= 4 is 38.4 Å². The molecule has 3 aromatic rings. The van der Waals surface area contributed by atoms with Gasteiger partial charge in [-0.05, 0) is 36.4 Å². The van der Waals surface area contributed by atoms with Gasteiger partial charge in [0.15, 0.2) is 0 Å². The number of benzene rings is 2. The van der Waals surface area contributed by atoms with Crippen LogP contribution in [-0.4, -0.2) is 10.9 Å². The van der Waals surface area contributed by atoms with Gasteiger partial charge in [-0.1, -0.05) is 34.1 Å². The fraction of sp³-hybridized carbons (Fsp3) is 0. The van der Waals surface area contributed by atoms with Gasteiger partial charge in [-0.25, -0.2) is 0 Å². The summed E-state index contributed by atoms with van der Waals surface area (Å²) in [5.41, 5.74) is 2.25. The lowest BCUT2D eigenvalue weighted by molar-refractivity contribution is 0.102. The van der Waals surface area contributed by atoms with Crippen LogP contribution in [0, 0.1) is 0 Å². The minimum Gasteiger partial charge on any atom is -0.321 e. The molecular formula is C16H11BrN2O. The van der Waals surface area contributed by atoms with Crippen LogP contribution < -0.4 is 5.32 Å². The van der Waals surface area contributed by atoms with Gasteiger partial charge in [0.25, 0.3) is 5.91 Å². The number of aromatic nitrogens is 1. The number of fused-ring (bicyclic) bond motifs is 1. The van der Waals surface area contributed by atoms with Crippen LogP contribution in [-0.2, 0) is 0 Å². The largest absolute Gasteiger partial charge is 0.321 e. The number of halogens is 1. The molecule has 0 aliphatic rings. The summed E-state index contributed by atoms with van der Waals surface area (Å²) in [5, 5.41) is 3.86. The highest BCUT2D eigenvalue weighted by atomic mass is 79.9. The Morgan fingerprint density at radius 1 is 1.00 bits per heavy atom. The second kappa shape index (κ2) is 5.43. The molecule has 3 nitrogen and oxygen atoms in total. The van der Waals surface area contributed by atoms with Crippen molar-refractivity contribution in [2.24, 2.45) is 0 Å². The van der Waals surface area contributed by atoms with Gasteiger partial charge < -0.3 is 5.32 Å². The van der Waals surface area contributed by atoms with Gasteiger partial charge in [0.1, 0.15) is 0 Å². The van der Waals surface area contributed by atoms with E-state index in [1.165, 1.54) is 0 Å². The average molecular weight is 327 g/mol. The number of anilines is 1. The van der Waals surface area contributed by atoms with Crippen LogP contribution in [0.2, 0.25) is 0 Å². The summed E-state index contributed by atoms with van der Waals surface area (Å²) in [7, 11) is 0. The molecular weight excluding hydrogens is 316 g/mol. The highest BCUT2D eigenvalue weighted by Gasteiger charge is 2.08. The molecule has 1 aromatic heterocycles. The molecule has 0 spiro atoms. The average Bonchev–Trinajstić information content (AvgIpc) is 2.48. The van der Waals surface area contributed by atoms with Gasteiger partial charge in [-0.15, -0.1) is 0 Å². The summed E-state index contributed by atoms with van der Waals surface area (Å²) < 4.78 is 0.948. The first-order chi connectivity index (χ1) is 9.74. The van der Waals surface area contributed by atoms with Crippen molar-refractivity contribution in [1.82, 2.24) is 4.98 Å². The number of hydrogen-bond acceptors (Lipinski definition) is 2. The van der Waals surface area contributed by atoms with Crippen LogP contribution >= 0.6 is 15.9 Å².